The van der Waals surface area contributed by atoms with Gasteiger partial charge in [0.2, 0.25) is 0 Å². The largest absolute Gasteiger partial charge is 0.480 e. The van der Waals surface area contributed by atoms with Crippen molar-refractivity contribution in [2.75, 3.05) is 18.0 Å². The Morgan fingerprint density at radius 1 is 1.19 bits per heavy atom. The van der Waals surface area contributed by atoms with Gasteiger partial charge in [0.1, 0.15) is 6.04 Å². The second-order valence-electron chi connectivity index (χ2n) is 4.30. The van der Waals surface area contributed by atoms with Gasteiger partial charge in [-0.15, -0.1) is 38.0 Å². The average molecular weight is 333 g/mol. The standard InChI is InChI=1S/C15H20N2O2.2ClH/c1-3-9-17(10-4-2)13-7-5-12(6-8-13)11-14(16)15(18)19;;/h3-8,14H,1-2,9-11,16H2,(H,18,19);2*1H/t14-;;/m0../s1. The summed E-state index contributed by atoms with van der Waals surface area (Å²) < 4.78 is 0. The number of halogens is 2. The van der Waals surface area contributed by atoms with Crippen LogP contribution in [0.25, 0.3) is 0 Å². The number of carboxylic acid groups (broad SMARTS) is 1. The number of hydrogen-bond donors (Lipinski definition) is 2. The fourth-order valence-electron chi connectivity index (χ4n) is 1.78. The van der Waals surface area contributed by atoms with E-state index >= 15 is 0 Å². The van der Waals surface area contributed by atoms with E-state index in [2.05, 4.69) is 18.1 Å². The lowest BCUT2D eigenvalue weighted by Crippen LogP contribution is -2.32. The molecule has 1 rings (SSSR count). The molecule has 0 aliphatic carbocycles. The lowest BCUT2D eigenvalue weighted by Gasteiger charge is -2.21. The lowest BCUT2D eigenvalue weighted by molar-refractivity contribution is -0.138. The van der Waals surface area contributed by atoms with Gasteiger partial charge in [-0.3, -0.25) is 4.79 Å². The van der Waals surface area contributed by atoms with Crippen LogP contribution in [-0.2, 0) is 11.2 Å². The summed E-state index contributed by atoms with van der Waals surface area (Å²) in [6.07, 6.45) is 3.99. The maximum Gasteiger partial charge on any atom is 0.320 e. The van der Waals surface area contributed by atoms with Crippen LogP contribution in [0.1, 0.15) is 5.56 Å². The van der Waals surface area contributed by atoms with Crippen molar-refractivity contribution in [2.45, 2.75) is 12.5 Å². The van der Waals surface area contributed by atoms with E-state index in [1.165, 1.54) is 0 Å². The van der Waals surface area contributed by atoms with Crippen LogP contribution >= 0.6 is 24.8 Å². The number of carboxylic acids is 1. The molecule has 1 atom stereocenters. The fraction of sp³-hybridized carbons (Fsp3) is 0.267. The number of carbonyl (C=O) groups is 1. The highest BCUT2D eigenvalue weighted by Crippen LogP contribution is 2.16. The van der Waals surface area contributed by atoms with E-state index in [0.29, 0.717) is 6.42 Å². The molecule has 0 saturated heterocycles. The van der Waals surface area contributed by atoms with Gasteiger partial charge < -0.3 is 15.7 Å². The zero-order valence-electron chi connectivity index (χ0n) is 11.8. The molecule has 6 heteroatoms. The van der Waals surface area contributed by atoms with Gasteiger partial charge in [0.15, 0.2) is 0 Å². The summed E-state index contributed by atoms with van der Waals surface area (Å²) in [4.78, 5) is 12.8. The summed E-state index contributed by atoms with van der Waals surface area (Å²) in [5.41, 5.74) is 7.47. The molecular formula is C15H22Cl2N2O2. The van der Waals surface area contributed by atoms with E-state index in [4.69, 9.17) is 10.8 Å². The Morgan fingerprint density at radius 3 is 2.05 bits per heavy atom. The summed E-state index contributed by atoms with van der Waals surface area (Å²) in [6, 6.07) is 6.85. The first-order valence-corrected chi connectivity index (χ1v) is 6.12. The number of nitrogens with two attached hydrogens (primary N) is 1. The molecule has 0 aliphatic rings. The summed E-state index contributed by atoms with van der Waals surface area (Å²) in [5, 5.41) is 8.77. The van der Waals surface area contributed by atoms with E-state index in [-0.39, 0.29) is 24.8 Å². The topological polar surface area (TPSA) is 66.6 Å². The Morgan fingerprint density at radius 2 is 1.67 bits per heavy atom. The van der Waals surface area contributed by atoms with Crippen LogP contribution in [0.5, 0.6) is 0 Å². The molecule has 0 radical (unpaired) electrons. The van der Waals surface area contributed by atoms with Crippen molar-refractivity contribution in [3.63, 3.8) is 0 Å². The molecule has 0 aromatic heterocycles. The third kappa shape index (κ3) is 7.18. The van der Waals surface area contributed by atoms with Crippen LogP contribution in [0.3, 0.4) is 0 Å². The first-order valence-electron chi connectivity index (χ1n) is 6.12. The van der Waals surface area contributed by atoms with Crippen LogP contribution in [0.4, 0.5) is 5.69 Å². The third-order valence-corrected chi connectivity index (χ3v) is 2.77. The maximum atomic E-state index is 10.7. The van der Waals surface area contributed by atoms with Crippen molar-refractivity contribution < 1.29 is 9.90 Å². The van der Waals surface area contributed by atoms with Crippen LogP contribution in [0, 0.1) is 0 Å². The molecule has 21 heavy (non-hydrogen) atoms. The minimum absolute atomic E-state index is 0. The number of hydrogen-bond acceptors (Lipinski definition) is 3. The monoisotopic (exact) mass is 332 g/mol. The van der Waals surface area contributed by atoms with Gasteiger partial charge in [-0.1, -0.05) is 24.3 Å². The molecule has 0 spiro atoms. The molecule has 0 bridgehead atoms. The van der Waals surface area contributed by atoms with E-state index in [9.17, 15) is 4.79 Å². The average Bonchev–Trinajstić information content (AvgIpc) is 2.39. The summed E-state index contributed by atoms with van der Waals surface area (Å²) in [7, 11) is 0. The van der Waals surface area contributed by atoms with Gasteiger partial charge in [-0.25, -0.2) is 0 Å². The van der Waals surface area contributed by atoms with Crippen LogP contribution in [-0.4, -0.2) is 30.2 Å². The Labute approximate surface area is 138 Å². The molecule has 0 saturated carbocycles. The molecule has 0 amide bonds. The molecule has 1 aromatic rings. The Kier molecular flexibility index (Phi) is 11.6. The molecule has 4 nitrogen and oxygen atoms in total. The Balaban J connectivity index is 0. The van der Waals surface area contributed by atoms with E-state index < -0.39 is 12.0 Å². The van der Waals surface area contributed by atoms with Gasteiger partial charge >= 0.3 is 5.97 Å². The highest BCUT2D eigenvalue weighted by atomic mass is 35.5. The second-order valence-corrected chi connectivity index (χ2v) is 4.30. The first-order chi connectivity index (χ1) is 9.08. The van der Waals surface area contributed by atoms with Crippen LogP contribution in [0.2, 0.25) is 0 Å². The SMILES string of the molecule is C=CCN(CC=C)c1ccc(C[C@H](N)C(=O)O)cc1.Cl.Cl. The summed E-state index contributed by atoms with van der Waals surface area (Å²) in [6.45, 7) is 8.93. The Hall–Kier alpha value is -1.49. The highest BCUT2D eigenvalue weighted by Gasteiger charge is 2.12. The number of aliphatic carboxylic acids is 1. The number of rotatable bonds is 8. The zero-order valence-corrected chi connectivity index (χ0v) is 13.4. The lowest BCUT2D eigenvalue weighted by atomic mass is 10.1. The van der Waals surface area contributed by atoms with Gasteiger partial charge in [0, 0.05) is 18.8 Å². The van der Waals surface area contributed by atoms with Gasteiger partial charge in [-0.2, -0.15) is 0 Å². The predicted molar refractivity (Wildman–Crippen MR) is 92.9 cm³/mol. The molecule has 1 aromatic carbocycles. The second kappa shape index (κ2) is 11.2. The van der Waals surface area contributed by atoms with Crippen molar-refractivity contribution in [1.29, 1.82) is 0 Å². The van der Waals surface area contributed by atoms with Gasteiger partial charge in [-0.05, 0) is 24.1 Å². The number of nitrogens with zero attached hydrogens (tertiary/aromatic N) is 1. The first kappa shape index (κ1) is 21.8. The van der Waals surface area contributed by atoms with Crippen LogP contribution < -0.4 is 10.6 Å². The van der Waals surface area contributed by atoms with E-state index in [0.717, 1.165) is 24.3 Å². The van der Waals surface area contributed by atoms with E-state index in [1.807, 2.05) is 36.4 Å². The minimum Gasteiger partial charge on any atom is -0.480 e. The van der Waals surface area contributed by atoms with Gasteiger partial charge in [0.05, 0.1) is 0 Å². The molecular weight excluding hydrogens is 311 g/mol. The predicted octanol–water partition coefficient (Wildman–Crippen LogP) is 2.66. The normalized spacial score (nSPS) is 10.5. The van der Waals surface area contributed by atoms with Crippen molar-refractivity contribution in [3.8, 4) is 0 Å². The minimum atomic E-state index is -0.982. The number of anilines is 1. The van der Waals surface area contributed by atoms with Crippen molar-refractivity contribution in [3.05, 3.63) is 55.1 Å². The Bertz CT molecular complexity index is 439. The molecule has 0 unspecified atom stereocenters. The fourth-order valence-corrected chi connectivity index (χ4v) is 1.78. The summed E-state index contributed by atoms with van der Waals surface area (Å²) in [5.74, 6) is -0.982. The maximum absolute atomic E-state index is 10.7. The van der Waals surface area contributed by atoms with E-state index in [1.54, 1.807) is 0 Å². The molecule has 3 N–H and O–H groups in total. The molecule has 0 fully saturated rings. The summed E-state index contributed by atoms with van der Waals surface area (Å²) >= 11 is 0. The molecule has 0 heterocycles. The zero-order chi connectivity index (χ0) is 14.3. The van der Waals surface area contributed by atoms with Gasteiger partial charge in [0.25, 0.3) is 0 Å². The van der Waals surface area contributed by atoms with Crippen molar-refractivity contribution in [2.24, 2.45) is 5.73 Å². The number of benzene rings is 1. The molecule has 118 valence electrons. The van der Waals surface area contributed by atoms with Crippen molar-refractivity contribution in [1.82, 2.24) is 0 Å². The molecule has 0 aliphatic heterocycles. The van der Waals surface area contributed by atoms with Crippen LogP contribution in [0.15, 0.2) is 49.6 Å². The smallest absolute Gasteiger partial charge is 0.320 e. The highest BCUT2D eigenvalue weighted by molar-refractivity contribution is 5.85. The quantitative estimate of drug-likeness (QED) is 0.718. The van der Waals surface area contributed by atoms with Crippen molar-refractivity contribution >= 4 is 36.5 Å². The third-order valence-electron chi connectivity index (χ3n) is 2.77.